The van der Waals surface area contributed by atoms with Gasteiger partial charge in [-0.2, -0.15) is 0 Å². The molecule has 0 radical (unpaired) electrons. The van der Waals surface area contributed by atoms with Gasteiger partial charge in [-0.15, -0.1) is 0 Å². The summed E-state index contributed by atoms with van der Waals surface area (Å²) < 4.78 is 38.0. The second-order valence-corrected chi connectivity index (χ2v) is 10.5. The number of rotatable bonds is 8. The molecule has 3 fully saturated rings. The molecule has 2 unspecified atom stereocenters. The van der Waals surface area contributed by atoms with E-state index in [1.165, 1.54) is 23.1 Å². The molecule has 0 heterocycles. The van der Waals surface area contributed by atoms with E-state index in [9.17, 15) is 8.78 Å². The molecule has 0 saturated heterocycles. The Labute approximate surface area is 207 Å². The maximum atomic E-state index is 13.1. The molecule has 184 valence electrons. The Bertz CT molecular complexity index is 1180. The van der Waals surface area contributed by atoms with Crippen molar-refractivity contribution in [1.82, 2.24) is 0 Å². The lowest BCUT2D eigenvalue weighted by Gasteiger charge is -2.34. The summed E-state index contributed by atoms with van der Waals surface area (Å²) in [6.07, 6.45) is 6.70. The Kier molecular flexibility index (Phi) is 6.33. The number of alkyl halides is 2. The summed E-state index contributed by atoms with van der Waals surface area (Å²) in [5.41, 5.74) is 8.45. The van der Waals surface area contributed by atoms with Crippen LogP contribution in [0.3, 0.4) is 0 Å². The predicted molar refractivity (Wildman–Crippen MR) is 137 cm³/mol. The number of fused-ring (bicyclic) bond motifs is 1. The van der Waals surface area contributed by atoms with Crippen LogP contribution in [0.25, 0.3) is 11.1 Å². The van der Waals surface area contributed by atoms with E-state index in [-0.39, 0.29) is 18.8 Å². The van der Waals surface area contributed by atoms with Crippen LogP contribution in [-0.4, -0.2) is 12.5 Å². The van der Waals surface area contributed by atoms with Crippen molar-refractivity contribution >= 4 is 0 Å². The van der Waals surface area contributed by atoms with Crippen LogP contribution >= 0.6 is 0 Å². The van der Waals surface area contributed by atoms with Crippen molar-refractivity contribution in [3.05, 3.63) is 88.7 Å². The summed E-state index contributed by atoms with van der Waals surface area (Å²) in [4.78, 5) is 0. The topological polar surface area (TPSA) is 18.5 Å². The van der Waals surface area contributed by atoms with Gasteiger partial charge in [-0.25, -0.2) is 8.78 Å². The average Bonchev–Trinajstić information content (AvgIpc) is 3.46. The Hall–Kier alpha value is -2.88. The van der Waals surface area contributed by atoms with E-state index >= 15 is 0 Å². The van der Waals surface area contributed by atoms with E-state index < -0.39 is 5.92 Å². The number of hydrogen-bond acceptors (Lipinski definition) is 2. The summed E-state index contributed by atoms with van der Waals surface area (Å²) in [6, 6.07) is 12.4. The largest absolute Gasteiger partial charge is 0.493 e. The predicted octanol–water partition coefficient (Wildman–Crippen LogP) is 8.34. The molecule has 3 saturated carbocycles. The number of allylic oxidation sites excluding steroid dienone is 4. The van der Waals surface area contributed by atoms with Crippen LogP contribution in [-0.2, 0) is 11.3 Å². The molecule has 0 bridgehead atoms. The van der Waals surface area contributed by atoms with Crippen molar-refractivity contribution < 1.29 is 18.3 Å². The van der Waals surface area contributed by atoms with E-state index in [0.29, 0.717) is 19.0 Å². The number of benzene rings is 2. The van der Waals surface area contributed by atoms with Crippen molar-refractivity contribution in [2.24, 2.45) is 17.8 Å². The Morgan fingerprint density at radius 3 is 2.57 bits per heavy atom. The van der Waals surface area contributed by atoms with Gasteiger partial charge in [0, 0.05) is 18.8 Å². The van der Waals surface area contributed by atoms with E-state index in [1.807, 2.05) is 12.1 Å². The molecular formula is C31H34F2O2. The zero-order valence-electron chi connectivity index (χ0n) is 20.9. The fourth-order valence-electron chi connectivity index (χ4n) is 5.84. The summed E-state index contributed by atoms with van der Waals surface area (Å²) >= 11 is 0. The first-order chi connectivity index (χ1) is 16.7. The Morgan fingerprint density at radius 1 is 1.14 bits per heavy atom. The molecule has 0 aliphatic heterocycles. The highest BCUT2D eigenvalue weighted by Gasteiger charge is 2.47. The minimum absolute atomic E-state index is 0.0590. The standard InChI is InChI=1S/C31H34F2O2/c1-5-28-25(13-26-14-29(26)28)11-21(4)34-17-22-7-6-8-24(12-22)30-19(2)9-27(10-20(30)3)35-18-23-15-31(32,33)16-23/h5-12,23,26,29H,4,13-18H2,1-3H3/b25-11-,28-5+. The summed E-state index contributed by atoms with van der Waals surface area (Å²) in [6.45, 7) is 11.2. The minimum Gasteiger partial charge on any atom is -0.493 e. The zero-order valence-corrected chi connectivity index (χ0v) is 20.9. The first-order valence-electron chi connectivity index (χ1n) is 12.6. The van der Waals surface area contributed by atoms with Gasteiger partial charge in [-0.05, 0) is 109 Å². The fourth-order valence-corrected chi connectivity index (χ4v) is 5.84. The fraction of sp³-hybridized carbons (Fsp3) is 0.419. The quantitative estimate of drug-likeness (QED) is 0.357. The molecule has 2 atom stereocenters. The molecule has 4 heteroatoms. The molecule has 0 aromatic heterocycles. The summed E-state index contributed by atoms with van der Waals surface area (Å²) in [7, 11) is 0. The van der Waals surface area contributed by atoms with E-state index in [2.05, 4.69) is 63.8 Å². The van der Waals surface area contributed by atoms with Gasteiger partial charge in [0.2, 0.25) is 5.92 Å². The van der Waals surface area contributed by atoms with Crippen LogP contribution in [0, 0.1) is 31.6 Å². The molecular weight excluding hydrogens is 442 g/mol. The normalized spacial score (nSPS) is 24.8. The monoisotopic (exact) mass is 476 g/mol. The second-order valence-electron chi connectivity index (χ2n) is 10.5. The van der Waals surface area contributed by atoms with E-state index in [4.69, 9.17) is 9.47 Å². The average molecular weight is 477 g/mol. The van der Waals surface area contributed by atoms with Gasteiger partial charge >= 0.3 is 0 Å². The lowest BCUT2D eigenvalue weighted by Crippen LogP contribution is -2.38. The van der Waals surface area contributed by atoms with Gasteiger partial charge in [-0.3, -0.25) is 0 Å². The third kappa shape index (κ3) is 5.22. The summed E-state index contributed by atoms with van der Waals surface area (Å²) in [5, 5.41) is 0. The van der Waals surface area contributed by atoms with Crippen molar-refractivity contribution in [3.8, 4) is 16.9 Å². The maximum absolute atomic E-state index is 13.1. The molecule has 0 N–H and O–H groups in total. The van der Waals surface area contributed by atoms with Gasteiger partial charge in [0.05, 0.1) is 6.61 Å². The van der Waals surface area contributed by atoms with Gasteiger partial charge in [0.15, 0.2) is 0 Å². The SMILES string of the molecule is C=C(/C=C1/CC2CC2/C1=C/C)OCc1cccc(-c2c(C)cc(OCC3CC(F)(F)C3)cc2C)c1. The molecule has 5 rings (SSSR count). The van der Waals surface area contributed by atoms with Crippen LogP contribution in [0.15, 0.2) is 72.0 Å². The minimum atomic E-state index is -2.51. The highest BCUT2D eigenvalue weighted by Crippen LogP contribution is 2.57. The van der Waals surface area contributed by atoms with Crippen LogP contribution in [0.5, 0.6) is 5.75 Å². The third-order valence-corrected chi connectivity index (χ3v) is 7.63. The van der Waals surface area contributed by atoms with Crippen LogP contribution in [0.1, 0.15) is 49.3 Å². The van der Waals surface area contributed by atoms with Gasteiger partial charge in [0.25, 0.3) is 0 Å². The summed E-state index contributed by atoms with van der Waals surface area (Å²) in [5.74, 6) is 0.493. The van der Waals surface area contributed by atoms with Crippen molar-refractivity contribution in [3.63, 3.8) is 0 Å². The smallest absolute Gasteiger partial charge is 0.248 e. The molecule has 2 aromatic rings. The molecule has 35 heavy (non-hydrogen) atoms. The number of ether oxygens (including phenoxy) is 2. The third-order valence-electron chi connectivity index (χ3n) is 7.63. The van der Waals surface area contributed by atoms with Gasteiger partial charge < -0.3 is 9.47 Å². The molecule has 0 amide bonds. The van der Waals surface area contributed by atoms with Gasteiger partial charge in [0.1, 0.15) is 18.1 Å². The number of halogens is 2. The zero-order chi connectivity index (χ0) is 24.7. The highest BCUT2D eigenvalue weighted by atomic mass is 19.3. The molecule has 0 spiro atoms. The van der Waals surface area contributed by atoms with Crippen molar-refractivity contribution in [2.75, 3.05) is 6.61 Å². The molecule has 2 nitrogen and oxygen atoms in total. The van der Waals surface area contributed by atoms with Crippen LogP contribution < -0.4 is 4.74 Å². The lowest BCUT2D eigenvalue weighted by molar-refractivity contribution is -0.119. The van der Waals surface area contributed by atoms with Crippen LogP contribution in [0.2, 0.25) is 0 Å². The van der Waals surface area contributed by atoms with Crippen LogP contribution in [0.4, 0.5) is 8.78 Å². The van der Waals surface area contributed by atoms with Crippen molar-refractivity contribution in [2.45, 2.75) is 59.0 Å². The second kappa shape index (κ2) is 9.29. The van der Waals surface area contributed by atoms with E-state index in [0.717, 1.165) is 46.3 Å². The van der Waals surface area contributed by atoms with Crippen molar-refractivity contribution in [1.29, 1.82) is 0 Å². The maximum Gasteiger partial charge on any atom is 0.248 e. The number of aryl methyl sites for hydroxylation is 2. The Balaban J connectivity index is 1.22. The molecule has 2 aromatic carbocycles. The lowest BCUT2D eigenvalue weighted by atomic mass is 9.82. The molecule has 3 aliphatic rings. The van der Waals surface area contributed by atoms with Gasteiger partial charge in [-0.1, -0.05) is 30.9 Å². The Morgan fingerprint density at radius 2 is 1.89 bits per heavy atom. The van der Waals surface area contributed by atoms with E-state index in [1.54, 1.807) is 0 Å². The highest BCUT2D eigenvalue weighted by molar-refractivity contribution is 5.72. The molecule has 3 aliphatic carbocycles. The number of hydrogen-bond donors (Lipinski definition) is 0. The first-order valence-corrected chi connectivity index (χ1v) is 12.6. The first kappa shape index (κ1) is 23.8.